The summed E-state index contributed by atoms with van der Waals surface area (Å²) in [5.41, 5.74) is 0. The van der Waals surface area contributed by atoms with Crippen molar-refractivity contribution in [3.8, 4) is 0 Å². The topological polar surface area (TPSA) is 112 Å². The number of ether oxygens (including phenoxy) is 2. The second kappa shape index (κ2) is 43.0. The van der Waals surface area contributed by atoms with Crippen LogP contribution < -0.4 is 0 Å². The van der Waals surface area contributed by atoms with E-state index in [2.05, 4.69) is 92.8 Å². The van der Waals surface area contributed by atoms with E-state index in [-0.39, 0.29) is 26.1 Å². The van der Waals surface area contributed by atoms with E-state index >= 15 is 0 Å². The normalized spacial score (nSPS) is 14.3. The molecule has 0 fully saturated rings. The molecule has 0 saturated heterocycles. The van der Waals surface area contributed by atoms with E-state index in [1.54, 1.807) is 4.90 Å². The zero-order chi connectivity index (χ0) is 43.3. The summed E-state index contributed by atoms with van der Waals surface area (Å²) >= 11 is 0. The molecule has 0 aliphatic heterocycles. The van der Waals surface area contributed by atoms with Crippen LogP contribution in [0.5, 0.6) is 0 Å². The summed E-state index contributed by atoms with van der Waals surface area (Å²) in [5, 5.41) is 0. The van der Waals surface area contributed by atoms with Crippen molar-refractivity contribution in [2.24, 2.45) is 0 Å². The van der Waals surface area contributed by atoms with Crippen molar-refractivity contribution in [2.75, 3.05) is 40.5 Å². The molecule has 10 heteroatoms. The zero-order valence-electron chi connectivity index (χ0n) is 37.4. The molecule has 0 aromatic heterocycles. The van der Waals surface area contributed by atoms with Gasteiger partial charge in [-0.3, -0.25) is 18.6 Å². The fourth-order valence-corrected chi connectivity index (χ4v) is 6.13. The Morgan fingerprint density at radius 2 is 0.949 bits per heavy atom. The number of esters is 2. The van der Waals surface area contributed by atoms with Crippen LogP contribution in [0.2, 0.25) is 0 Å². The summed E-state index contributed by atoms with van der Waals surface area (Å²) in [4.78, 5) is 37.0. The van der Waals surface area contributed by atoms with Crippen molar-refractivity contribution < 1.29 is 37.6 Å². The van der Waals surface area contributed by atoms with Crippen LogP contribution in [0.15, 0.2) is 97.2 Å². The van der Waals surface area contributed by atoms with Gasteiger partial charge in [-0.2, -0.15) is 0 Å². The monoisotopic (exact) mass is 844 g/mol. The molecule has 9 nitrogen and oxygen atoms in total. The van der Waals surface area contributed by atoms with E-state index in [9.17, 15) is 19.0 Å². The minimum atomic E-state index is -4.40. The molecule has 0 aromatic carbocycles. The fraction of sp³-hybridized carbons (Fsp3) is 0.633. The number of nitrogens with zero attached hydrogens (tertiary/aromatic N) is 1. The lowest BCUT2D eigenvalue weighted by atomic mass is 10.1. The number of allylic oxidation sites excluding steroid dienone is 16. The van der Waals surface area contributed by atoms with Gasteiger partial charge in [0.25, 0.3) is 0 Å². The van der Waals surface area contributed by atoms with Crippen LogP contribution in [0.25, 0.3) is 0 Å². The molecule has 0 aliphatic rings. The summed E-state index contributed by atoms with van der Waals surface area (Å²) in [5.74, 6) is -0.969. The first-order chi connectivity index (χ1) is 28.7. The standard InChI is InChI=1S/C49H82NO8P/c1-5-7-9-11-13-15-17-19-21-23-24-26-27-29-31-33-35-37-39-41-48(51)55-45-47(46-57-59(53,54)56-44-43-50(3)4)58-49(52)42-40-38-36-34-32-30-28-25-22-20-18-16-14-12-10-8-6-2/h13,15,19-22,24,26,28-31,34-37,47H,5-12,14,16-18,23,25,27,32-33,38-46H2,1-4H3,(H,53,54)/b15-13-,21-19-,22-20-,26-24-,30-28-,31-29-,36-34-,37-35-. The van der Waals surface area contributed by atoms with Crippen molar-refractivity contribution in [3.05, 3.63) is 97.2 Å². The molecule has 2 unspecified atom stereocenters. The van der Waals surface area contributed by atoms with Gasteiger partial charge in [-0.05, 0) is 97.6 Å². The molecule has 0 aromatic rings. The number of phosphoric acid groups is 1. The molecule has 0 spiro atoms. The van der Waals surface area contributed by atoms with Gasteiger partial charge in [0, 0.05) is 19.4 Å². The van der Waals surface area contributed by atoms with E-state index in [4.69, 9.17) is 18.5 Å². The van der Waals surface area contributed by atoms with Crippen molar-refractivity contribution in [3.63, 3.8) is 0 Å². The van der Waals surface area contributed by atoms with Crippen molar-refractivity contribution in [1.82, 2.24) is 4.90 Å². The smallest absolute Gasteiger partial charge is 0.462 e. The van der Waals surface area contributed by atoms with Crippen LogP contribution in [0.4, 0.5) is 0 Å². The van der Waals surface area contributed by atoms with Crippen LogP contribution >= 0.6 is 7.82 Å². The van der Waals surface area contributed by atoms with Gasteiger partial charge < -0.3 is 19.3 Å². The maximum atomic E-state index is 12.6. The number of phosphoric ester groups is 1. The minimum Gasteiger partial charge on any atom is -0.462 e. The van der Waals surface area contributed by atoms with E-state index in [0.29, 0.717) is 25.8 Å². The van der Waals surface area contributed by atoms with Gasteiger partial charge in [-0.1, -0.05) is 156 Å². The predicted molar refractivity (Wildman–Crippen MR) is 247 cm³/mol. The summed E-state index contributed by atoms with van der Waals surface area (Å²) in [6.45, 7) is 4.12. The van der Waals surface area contributed by atoms with Crippen LogP contribution in [0.3, 0.4) is 0 Å². The van der Waals surface area contributed by atoms with E-state index in [0.717, 1.165) is 44.9 Å². The Labute approximate surface area is 360 Å². The number of carbonyl (C=O) groups is 2. The second-order valence-corrected chi connectivity index (χ2v) is 16.3. The highest BCUT2D eigenvalue weighted by Crippen LogP contribution is 2.43. The molecule has 0 aliphatic carbocycles. The van der Waals surface area contributed by atoms with Gasteiger partial charge in [-0.25, -0.2) is 4.57 Å². The predicted octanol–water partition coefficient (Wildman–Crippen LogP) is 13.2. The Morgan fingerprint density at radius 3 is 1.46 bits per heavy atom. The number of likely N-dealkylation sites (N-methyl/N-ethyl adjacent to an activating group) is 1. The molecule has 0 saturated carbocycles. The van der Waals surface area contributed by atoms with Gasteiger partial charge in [0.2, 0.25) is 0 Å². The first kappa shape index (κ1) is 55.9. The van der Waals surface area contributed by atoms with Crippen molar-refractivity contribution in [2.45, 2.75) is 161 Å². The highest BCUT2D eigenvalue weighted by molar-refractivity contribution is 7.47. The molecule has 0 radical (unpaired) electrons. The summed E-state index contributed by atoms with van der Waals surface area (Å²) in [6.07, 6.45) is 54.8. The lowest BCUT2D eigenvalue weighted by Crippen LogP contribution is -2.29. The number of hydrogen-bond donors (Lipinski definition) is 1. The van der Waals surface area contributed by atoms with Crippen LogP contribution in [0, 0.1) is 0 Å². The number of rotatable bonds is 40. The minimum absolute atomic E-state index is 0.0180. The fourth-order valence-electron chi connectivity index (χ4n) is 5.39. The molecule has 336 valence electrons. The van der Waals surface area contributed by atoms with Crippen LogP contribution in [0.1, 0.15) is 155 Å². The maximum absolute atomic E-state index is 12.6. The Kier molecular flexibility index (Phi) is 40.8. The molecule has 0 rings (SSSR count). The van der Waals surface area contributed by atoms with Crippen LogP contribution in [-0.4, -0.2) is 68.3 Å². The third-order valence-corrected chi connectivity index (χ3v) is 9.86. The van der Waals surface area contributed by atoms with E-state index in [1.165, 1.54) is 64.2 Å². The molecular weight excluding hydrogens is 762 g/mol. The zero-order valence-corrected chi connectivity index (χ0v) is 38.3. The maximum Gasteiger partial charge on any atom is 0.472 e. The number of carbonyl (C=O) groups excluding carboxylic acids is 2. The molecule has 1 N–H and O–H groups in total. The molecule has 0 bridgehead atoms. The summed E-state index contributed by atoms with van der Waals surface area (Å²) < 4.78 is 33.3. The quantitative estimate of drug-likeness (QED) is 0.0279. The Morgan fingerprint density at radius 1 is 0.525 bits per heavy atom. The lowest BCUT2D eigenvalue weighted by Gasteiger charge is -2.20. The first-order valence-corrected chi connectivity index (χ1v) is 24.0. The third-order valence-electron chi connectivity index (χ3n) is 8.88. The third kappa shape index (κ3) is 44.3. The van der Waals surface area contributed by atoms with Gasteiger partial charge >= 0.3 is 19.8 Å². The summed E-state index contributed by atoms with van der Waals surface area (Å²) in [7, 11) is -0.780. The molecule has 2 atom stereocenters. The molecule has 59 heavy (non-hydrogen) atoms. The molecule has 0 amide bonds. The second-order valence-electron chi connectivity index (χ2n) is 14.9. The average Bonchev–Trinajstić information content (AvgIpc) is 3.20. The average molecular weight is 844 g/mol. The Hall–Kier alpha value is -3.07. The molecular formula is C49H82NO8P. The highest BCUT2D eigenvalue weighted by atomic mass is 31.2. The van der Waals surface area contributed by atoms with Gasteiger partial charge in [0.05, 0.1) is 13.2 Å². The summed E-state index contributed by atoms with van der Waals surface area (Å²) in [6, 6.07) is 0. The number of unbranched alkanes of at least 4 members (excludes halogenated alkanes) is 10. The highest BCUT2D eigenvalue weighted by Gasteiger charge is 2.26. The van der Waals surface area contributed by atoms with E-state index < -0.39 is 32.5 Å². The van der Waals surface area contributed by atoms with Gasteiger partial charge in [0.15, 0.2) is 6.10 Å². The van der Waals surface area contributed by atoms with Crippen LogP contribution in [-0.2, 0) is 32.7 Å². The lowest BCUT2D eigenvalue weighted by molar-refractivity contribution is -0.161. The van der Waals surface area contributed by atoms with Gasteiger partial charge in [0.1, 0.15) is 6.61 Å². The Balaban J connectivity index is 4.50. The first-order valence-electron chi connectivity index (χ1n) is 22.5. The SMILES string of the molecule is CCCCC/C=C\C/C=C\C/C=C\C/C=C\C/C=C\CCC(=O)OCC(COP(=O)(O)OCCN(C)C)OC(=O)CCC/C=C\C/C=C\C/C=C\CCCCCCCC. The number of hydrogen-bond acceptors (Lipinski definition) is 8. The molecule has 0 heterocycles. The van der Waals surface area contributed by atoms with Gasteiger partial charge in [-0.15, -0.1) is 0 Å². The van der Waals surface area contributed by atoms with Crippen molar-refractivity contribution >= 4 is 19.8 Å². The van der Waals surface area contributed by atoms with E-state index in [1.807, 2.05) is 32.3 Å². The van der Waals surface area contributed by atoms with Crippen molar-refractivity contribution in [1.29, 1.82) is 0 Å². The Bertz CT molecular complexity index is 1300. The largest absolute Gasteiger partial charge is 0.472 e.